The predicted molar refractivity (Wildman–Crippen MR) is 40.8 cm³/mol. The summed E-state index contributed by atoms with van der Waals surface area (Å²) in [5.41, 5.74) is 0. The van der Waals surface area contributed by atoms with E-state index in [2.05, 4.69) is 5.32 Å². The van der Waals surface area contributed by atoms with Crippen LogP contribution in [-0.4, -0.2) is 18.5 Å². The van der Waals surface area contributed by atoms with E-state index in [4.69, 9.17) is 0 Å². The first-order valence-corrected chi connectivity index (χ1v) is 4.16. The van der Waals surface area contributed by atoms with Gasteiger partial charge < -0.3 is 5.32 Å². The zero-order chi connectivity index (χ0) is 8.48. The summed E-state index contributed by atoms with van der Waals surface area (Å²) in [6.45, 7) is 3.91. The van der Waals surface area contributed by atoms with Gasteiger partial charge in [0, 0.05) is 12.5 Å². The lowest BCUT2D eigenvalue weighted by molar-refractivity contribution is 0.0194. The van der Waals surface area contributed by atoms with Crippen molar-refractivity contribution in [2.45, 2.75) is 38.7 Å². The van der Waals surface area contributed by atoms with Crippen LogP contribution < -0.4 is 5.32 Å². The van der Waals surface area contributed by atoms with Crippen molar-refractivity contribution in [3.63, 3.8) is 0 Å². The lowest BCUT2D eigenvalue weighted by Gasteiger charge is -2.16. The molecule has 0 bridgehead atoms. The monoisotopic (exact) mass is 163 g/mol. The van der Waals surface area contributed by atoms with Gasteiger partial charge in [0.15, 0.2) is 0 Å². The molecule has 1 rings (SSSR count). The van der Waals surface area contributed by atoms with Gasteiger partial charge in [-0.05, 0) is 5.92 Å². The summed E-state index contributed by atoms with van der Waals surface area (Å²) in [4.78, 5) is 0. The van der Waals surface area contributed by atoms with Crippen LogP contribution in [0.3, 0.4) is 0 Å². The van der Waals surface area contributed by atoms with Crippen molar-refractivity contribution in [2.75, 3.05) is 6.54 Å². The third-order valence-corrected chi connectivity index (χ3v) is 2.47. The summed E-state index contributed by atoms with van der Waals surface area (Å²) in [5.74, 6) is -2.10. The highest BCUT2D eigenvalue weighted by atomic mass is 19.3. The van der Waals surface area contributed by atoms with Gasteiger partial charge in [-0.2, -0.15) is 0 Å². The fourth-order valence-corrected chi connectivity index (χ4v) is 1.43. The van der Waals surface area contributed by atoms with Crippen LogP contribution in [0.2, 0.25) is 0 Å². The minimum atomic E-state index is -2.46. The first-order chi connectivity index (χ1) is 5.05. The molecular weight excluding hydrogens is 148 g/mol. The lowest BCUT2D eigenvalue weighted by atomic mass is 9.97. The third-order valence-electron chi connectivity index (χ3n) is 2.47. The van der Waals surface area contributed by atoms with E-state index in [0.717, 1.165) is 6.42 Å². The summed E-state index contributed by atoms with van der Waals surface area (Å²) < 4.78 is 25.3. The topological polar surface area (TPSA) is 12.0 Å². The Bertz CT molecular complexity index is 136. The van der Waals surface area contributed by atoms with E-state index in [-0.39, 0.29) is 19.0 Å². The fourth-order valence-electron chi connectivity index (χ4n) is 1.43. The van der Waals surface area contributed by atoms with Gasteiger partial charge in [0.05, 0.1) is 6.54 Å². The Labute approximate surface area is 66.2 Å². The van der Waals surface area contributed by atoms with E-state index >= 15 is 0 Å². The number of halogens is 2. The van der Waals surface area contributed by atoms with Gasteiger partial charge >= 0.3 is 0 Å². The molecule has 0 radical (unpaired) electrons. The standard InChI is InChI=1S/C8H15F2N/c1-3-6(2)7-4-8(9,10)5-11-7/h6-7,11H,3-5H2,1-2H3/t6?,7-/m1/s1. The van der Waals surface area contributed by atoms with Crippen LogP contribution in [0.1, 0.15) is 26.7 Å². The molecule has 0 aromatic carbocycles. The number of hydrogen-bond donors (Lipinski definition) is 1. The van der Waals surface area contributed by atoms with Crippen LogP contribution in [0, 0.1) is 5.92 Å². The van der Waals surface area contributed by atoms with Crippen molar-refractivity contribution < 1.29 is 8.78 Å². The molecule has 0 saturated carbocycles. The van der Waals surface area contributed by atoms with E-state index in [0.29, 0.717) is 5.92 Å². The summed E-state index contributed by atoms with van der Waals surface area (Å²) >= 11 is 0. The number of rotatable bonds is 2. The molecule has 1 saturated heterocycles. The van der Waals surface area contributed by atoms with E-state index in [1.807, 2.05) is 13.8 Å². The maximum atomic E-state index is 12.6. The molecule has 1 aliphatic rings. The molecule has 0 aliphatic carbocycles. The Hall–Kier alpha value is -0.180. The SMILES string of the molecule is CCC(C)[C@H]1CC(F)(F)CN1. The summed E-state index contributed by atoms with van der Waals surface area (Å²) in [7, 11) is 0. The number of alkyl halides is 2. The average Bonchev–Trinajstić information content (AvgIpc) is 2.29. The van der Waals surface area contributed by atoms with Crippen LogP contribution in [0.5, 0.6) is 0 Å². The average molecular weight is 163 g/mol. The lowest BCUT2D eigenvalue weighted by Crippen LogP contribution is -2.28. The molecule has 1 nitrogen and oxygen atoms in total. The Morgan fingerprint density at radius 3 is 2.64 bits per heavy atom. The van der Waals surface area contributed by atoms with E-state index in [1.165, 1.54) is 0 Å². The quantitative estimate of drug-likeness (QED) is 0.656. The smallest absolute Gasteiger partial charge is 0.261 e. The molecule has 2 atom stereocenters. The van der Waals surface area contributed by atoms with Gasteiger partial charge in [0.1, 0.15) is 0 Å². The molecule has 1 N–H and O–H groups in total. The molecule has 0 spiro atoms. The van der Waals surface area contributed by atoms with Crippen LogP contribution in [0.15, 0.2) is 0 Å². The first-order valence-electron chi connectivity index (χ1n) is 4.16. The molecule has 66 valence electrons. The van der Waals surface area contributed by atoms with Crippen LogP contribution in [0.25, 0.3) is 0 Å². The maximum Gasteiger partial charge on any atom is 0.261 e. The van der Waals surface area contributed by atoms with Crippen molar-refractivity contribution in [3.8, 4) is 0 Å². The van der Waals surface area contributed by atoms with Crippen molar-refractivity contribution in [1.82, 2.24) is 5.32 Å². The van der Waals surface area contributed by atoms with Crippen molar-refractivity contribution in [2.24, 2.45) is 5.92 Å². The largest absolute Gasteiger partial charge is 0.308 e. The number of hydrogen-bond acceptors (Lipinski definition) is 1. The Morgan fingerprint density at radius 1 is 1.64 bits per heavy atom. The second kappa shape index (κ2) is 3.05. The highest BCUT2D eigenvalue weighted by Gasteiger charge is 2.40. The molecular formula is C8H15F2N. The molecule has 3 heteroatoms. The molecule has 1 heterocycles. The maximum absolute atomic E-state index is 12.6. The van der Waals surface area contributed by atoms with Gasteiger partial charge in [0.2, 0.25) is 0 Å². The second-order valence-electron chi connectivity index (χ2n) is 3.43. The normalized spacial score (nSPS) is 32.2. The Morgan fingerprint density at radius 2 is 2.27 bits per heavy atom. The summed E-state index contributed by atoms with van der Waals surface area (Å²) in [6.07, 6.45) is 0.982. The van der Waals surface area contributed by atoms with Gasteiger partial charge in [-0.1, -0.05) is 20.3 Å². The van der Waals surface area contributed by atoms with Crippen molar-refractivity contribution in [1.29, 1.82) is 0 Å². The van der Waals surface area contributed by atoms with Crippen LogP contribution in [0.4, 0.5) is 8.78 Å². The van der Waals surface area contributed by atoms with E-state index < -0.39 is 5.92 Å². The number of nitrogens with one attached hydrogen (secondary N) is 1. The molecule has 0 aromatic rings. The summed E-state index contributed by atoms with van der Waals surface area (Å²) in [6, 6.07) is 0.0231. The van der Waals surface area contributed by atoms with Crippen LogP contribution >= 0.6 is 0 Å². The minimum Gasteiger partial charge on any atom is -0.308 e. The van der Waals surface area contributed by atoms with Gasteiger partial charge in [-0.15, -0.1) is 0 Å². The fraction of sp³-hybridized carbons (Fsp3) is 1.00. The minimum absolute atomic E-state index is 0.0159. The third kappa shape index (κ3) is 2.12. The van der Waals surface area contributed by atoms with Gasteiger partial charge in [0.25, 0.3) is 5.92 Å². The molecule has 1 unspecified atom stereocenters. The highest BCUT2D eigenvalue weighted by molar-refractivity contribution is 4.89. The molecule has 0 aromatic heterocycles. The Kier molecular flexibility index (Phi) is 2.47. The van der Waals surface area contributed by atoms with E-state index in [9.17, 15) is 8.78 Å². The molecule has 1 aliphatic heterocycles. The molecule has 1 fully saturated rings. The van der Waals surface area contributed by atoms with Crippen molar-refractivity contribution in [3.05, 3.63) is 0 Å². The Balaban J connectivity index is 2.41. The van der Waals surface area contributed by atoms with Gasteiger partial charge in [-0.25, -0.2) is 8.78 Å². The van der Waals surface area contributed by atoms with Gasteiger partial charge in [-0.3, -0.25) is 0 Å². The zero-order valence-corrected chi connectivity index (χ0v) is 7.03. The second-order valence-corrected chi connectivity index (χ2v) is 3.43. The van der Waals surface area contributed by atoms with Crippen LogP contribution in [-0.2, 0) is 0 Å². The highest BCUT2D eigenvalue weighted by Crippen LogP contribution is 2.29. The zero-order valence-electron chi connectivity index (χ0n) is 7.03. The van der Waals surface area contributed by atoms with E-state index in [1.54, 1.807) is 0 Å². The molecule has 11 heavy (non-hydrogen) atoms. The van der Waals surface area contributed by atoms with Crippen molar-refractivity contribution >= 4 is 0 Å². The molecule has 0 amide bonds. The predicted octanol–water partition coefficient (Wildman–Crippen LogP) is 2.03. The first kappa shape index (κ1) is 8.91. The summed E-state index contributed by atoms with van der Waals surface area (Å²) in [5, 5.41) is 2.85.